The van der Waals surface area contributed by atoms with Gasteiger partial charge < -0.3 is 13.7 Å². The van der Waals surface area contributed by atoms with Crippen LogP contribution in [-0.2, 0) is 14.9 Å². The molecule has 0 radical (unpaired) electrons. The number of amides is 2. The number of thioether (sulfide) groups is 1. The third-order valence-corrected chi connectivity index (χ3v) is 8.12. The van der Waals surface area contributed by atoms with Gasteiger partial charge in [-0.05, 0) is 91.0 Å². The second-order valence-electron chi connectivity index (χ2n) is 7.89. The summed E-state index contributed by atoms with van der Waals surface area (Å²) in [6, 6.07) is 15.0. The van der Waals surface area contributed by atoms with E-state index in [1.165, 1.54) is 42.5 Å². The molecule has 1 fully saturated rings. The largest absolute Gasteiger partial charge is 0.492 e. The molecule has 3 aromatic rings. The fourth-order valence-electron chi connectivity index (χ4n) is 3.40. The molecule has 204 valence electrons. The van der Waals surface area contributed by atoms with Gasteiger partial charge in [0.25, 0.3) is 11.1 Å². The van der Waals surface area contributed by atoms with Crippen molar-refractivity contribution in [2.75, 3.05) is 19.8 Å². The van der Waals surface area contributed by atoms with E-state index in [0.717, 1.165) is 16.7 Å². The van der Waals surface area contributed by atoms with Crippen molar-refractivity contribution in [1.29, 1.82) is 0 Å². The normalized spacial score (nSPS) is 14.7. The number of hydrogen-bond acceptors (Lipinski definition) is 8. The average Bonchev–Trinajstić information content (AvgIpc) is 3.15. The molecule has 1 heterocycles. The number of halogens is 3. The molecule has 1 saturated heterocycles. The fraction of sp³-hybridized carbons (Fsp3) is 0.154. The lowest BCUT2D eigenvalue weighted by Gasteiger charge is -2.14. The number of imide groups is 1. The number of carbonyl (C=O) groups is 2. The molecule has 39 heavy (non-hydrogen) atoms. The highest BCUT2D eigenvalue weighted by Crippen LogP contribution is 2.40. The minimum atomic E-state index is -4.25. The predicted molar refractivity (Wildman–Crippen MR) is 152 cm³/mol. The maximum absolute atomic E-state index is 12.9. The summed E-state index contributed by atoms with van der Waals surface area (Å²) < 4.78 is 42.1. The van der Waals surface area contributed by atoms with Crippen molar-refractivity contribution in [3.8, 4) is 17.2 Å². The Balaban J connectivity index is 1.52. The lowest BCUT2D eigenvalue weighted by atomic mass is 10.2. The third-order valence-electron chi connectivity index (χ3n) is 5.20. The highest BCUT2D eigenvalue weighted by molar-refractivity contribution is 8.18. The van der Waals surface area contributed by atoms with Crippen LogP contribution in [0, 0.1) is 0 Å². The van der Waals surface area contributed by atoms with Crippen LogP contribution in [0.4, 0.5) is 4.79 Å². The second kappa shape index (κ2) is 12.5. The summed E-state index contributed by atoms with van der Waals surface area (Å²) in [6.45, 7) is 2.03. The first-order valence-electron chi connectivity index (χ1n) is 11.4. The zero-order chi connectivity index (χ0) is 28.2. The van der Waals surface area contributed by atoms with Gasteiger partial charge in [0.15, 0.2) is 5.75 Å². The molecule has 0 saturated carbocycles. The number of nitrogens with zero attached hydrogens (tertiary/aromatic N) is 1. The second-order valence-corrected chi connectivity index (χ2v) is 11.7. The van der Waals surface area contributed by atoms with E-state index in [4.69, 9.17) is 48.5 Å². The lowest BCUT2D eigenvalue weighted by Crippen LogP contribution is -2.32. The van der Waals surface area contributed by atoms with Crippen LogP contribution in [0.5, 0.6) is 17.2 Å². The molecule has 3 aromatic carbocycles. The van der Waals surface area contributed by atoms with Crippen LogP contribution >= 0.6 is 46.6 Å². The van der Waals surface area contributed by atoms with E-state index in [9.17, 15) is 18.0 Å². The molecule has 0 aliphatic carbocycles. The number of rotatable bonds is 10. The van der Waals surface area contributed by atoms with Crippen molar-refractivity contribution < 1.29 is 31.7 Å². The topological polar surface area (TPSA) is 99.2 Å². The maximum atomic E-state index is 12.9. The van der Waals surface area contributed by atoms with Gasteiger partial charge in [-0.3, -0.25) is 14.5 Å². The Bertz CT molecular complexity index is 1530. The van der Waals surface area contributed by atoms with Gasteiger partial charge in [0.05, 0.1) is 23.1 Å². The molecule has 0 bridgehead atoms. The molecule has 0 N–H and O–H groups in total. The highest BCUT2D eigenvalue weighted by Gasteiger charge is 2.35. The number of ether oxygens (including phenoxy) is 2. The average molecular weight is 629 g/mol. The molecule has 8 nitrogen and oxygen atoms in total. The van der Waals surface area contributed by atoms with Crippen LogP contribution in [0.2, 0.25) is 15.1 Å². The first-order chi connectivity index (χ1) is 18.6. The highest BCUT2D eigenvalue weighted by atomic mass is 35.5. The molecular formula is C26H20Cl3NO7S2. The lowest BCUT2D eigenvalue weighted by molar-refractivity contribution is -0.123. The van der Waals surface area contributed by atoms with Gasteiger partial charge in [-0.25, -0.2) is 0 Å². The Hall–Kier alpha value is -2.89. The van der Waals surface area contributed by atoms with Crippen molar-refractivity contribution in [2.45, 2.75) is 11.8 Å². The maximum Gasteiger partial charge on any atom is 0.339 e. The molecular weight excluding hydrogens is 609 g/mol. The van der Waals surface area contributed by atoms with E-state index in [-0.39, 0.29) is 46.1 Å². The zero-order valence-corrected chi connectivity index (χ0v) is 24.1. The Morgan fingerprint density at radius 2 is 1.56 bits per heavy atom. The Kier molecular flexibility index (Phi) is 9.35. The first-order valence-corrected chi connectivity index (χ1v) is 14.7. The van der Waals surface area contributed by atoms with Gasteiger partial charge >= 0.3 is 10.1 Å². The van der Waals surface area contributed by atoms with Crippen LogP contribution in [0.15, 0.2) is 70.5 Å². The number of carbonyl (C=O) groups excluding carboxylic acids is 2. The first kappa shape index (κ1) is 29.1. The van der Waals surface area contributed by atoms with E-state index >= 15 is 0 Å². The molecule has 13 heteroatoms. The third kappa shape index (κ3) is 7.20. The smallest absolute Gasteiger partial charge is 0.339 e. The zero-order valence-electron chi connectivity index (χ0n) is 20.2. The van der Waals surface area contributed by atoms with E-state index in [1.54, 1.807) is 31.2 Å². The molecule has 4 rings (SSSR count). The van der Waals surface area contributed by atoms with Gasteiger partial charge in [-0.1, -0.05) is 34.8 Å². The molecule has 1 aliphatic heterocycles. The molecule has 1 aliphatic rings. The predicted octanol–water partition coefficient (Wildman–Crippen LogP) is 6.93. The van der Waals surface area contributed by atoms with Crippen LogP contribution < -0.4 is 13.7 Å². The molecule has 0 spiro atoms. The number of benzene rings is 3. The monoisotopic (exact) mass is 627 g/mol. The van der Waals surface area contributed by atoms with Crippen molar-refractivity contribution >= 4 is 73.9 Å². The van der Waals surface area contributed by atoms with E-state index in [1.807, 2.05) is 0 Å². The van der Waals surface area contributed by atoms with Crippen molar-refractivity contribution in [1.82, 2.24) is 4.90 Å². The van der Waals surface area contributed by atoms with E-state index < -0.39 is 21.3 Å². The molecule has 2 amide bonds. The van der Waals surface area contributed by atoms with Crippen molar-refractivity contribution in [2.24, 2.45) is 0 Å². The van der Waals surface area contributed by atoms with Crippen molar-refractivity contribution in [3.63, 3.8) is 0 Å². The summed E-state index contributed by atoms with van der Waals surface area (Å²) in [4.78, 5) is 26.5. The summed E-state index contributed by atoms with van der Waals surface area (Å²) in [6.07, 6.45) is 1.47. The fourth-order valence-corrected chi connectivity index (χ4v) is 5.78. The van der Waals surface area contributed by atoms with Crippen LogP contribution in [0.25, 0.3) is 6.08 Å². The molecule has 0 unspecified atom stereocenters. The Labute approximate surface area is 244 Å². The Morgan fingerprint density at radius 1 is 0.923 bits per heavy atom. The van der Waals surface area contributed by atoms with Gasteiger partial charge in [-0.2, -0.15) is 8.42 Å². The minimum absolute atomic E-state index is 0.0457. The van der Waals surface area contributed by atoms with Gasteiger partial charge in [-0.15, -0.1) is 0 Å². The summed E-state index contributed by atoms with van der Waals surface area (Å²) in [5.74, 6) is -0.104. The van der Waals surface area contributed by atoms with E-state index in [2.05, 4.69) is 0 Å². The molecule has 0 atom stereocenters. The van der Waals surface area contributed by atoms with Crippen LogP contribution in [0.1, 0.15) is 12.5 Å². The SMILES string of the molecule is CCOc1cc(/C=C2\SC(=O)N(CCOc3ccc(Cl)cc3)C2=O)cc(Cl)c1OS(=O)(=O)c1ccc(Cl)cc1. The van der Waals surface area contributed by atoms with E-state index in [0.29, 0.717) is 21.4 Å². The summed E-state index contributed by atoms with van der Waals surface area (Å²) >= 11 is 18.9. The standard InChI is InChI=1S/C26H20Cl3NO7S2/c1-2-35-22-14-16(13-21(29)24(22)37-39(33,34)20-9-5-18(28)6-10-20)15-23-25(31)30(26(32)38-23)11-12-36-19-7-3-17(27)4-8-19/h3-10,13-15H,2,11-12H2,1H3/b23-15-. The molecule has 0 aromatic heterocycles. The van der Waals surface area contributed by atoms with Gasteiger partial charge in [0.1, 0.15) is 17.3 Å². The number of hydrogen-bond donors (Lipinski definition) is 0. The quantitative estimate of drug-likeness (QED) is 0.176. The Morgan fingerprint density at radius 3 is 2.21 bits per heavy atom. The van der Waals surface area contributed by atoms with Crippen LogP contribution in [-0.4, -0.2) is 44.2 Å². The van der Waals surface area contributed by atoms with Crippen LogP contribution in [0.3, 0.4) is 0 Å². The van der Waals surface area contributed by atoms with Gasteiger partial charge in [0, 0.05) is 10.0 Å². The van der Waals surface area contributed by atoms with Crippen molar-refractivity contribution in [3.05, 3.63) is 86.2 Å². The summed E-state index contributed by atoms with van der Waals surface area (Å²) in [5, 5.41) is 0.412. The van der Waals surface area contributed by atoms with Gasteiger partial charge in [0.2, 0.25) is 5.75 Å². The minimum Gasteiger partial charge on any atom is -0.492 e. The summed E-state index contributed by atoms with van der Waals surface area (Å²) in [5.41, 5.74) is 0.405. The summed E-state index contributed by atoms with van der Waals surface area (Å²) in [7, 11) is -4.25.